The molecule has 3 nitrogen and oxygen atoms in total. The van der Waals surface area contributed by atoms with E-state index in [1.165, 1.54) is 5.56 Å². The minimum absolute atomic E-state index is 0.173. The zero-order valence-electron chi connectivity index (χ0n) is 11.6. The molecule has 3 heteroatoms. The van der Waals surface area contributed by atoms with E-state index in [0.29, 0.717) is 12.5 Å². The smallest absolute Gasteiger partial charge is 0.0914 e. The first-order valence-corrected chi connectivity index (χ1v) is 6.64. The van der Waals surface area contributed by atoms with Crippen LogP contribution in [0.5, 0.6) is 0 Å². The van der Waals surface area contributed by atoms with Crippen molar-refractivity contribution in [3.05, 3.63) is 35.4 Å². The van der Waals surface area contributed by atoms with E-state index in [2.05, 4.69) is 31.3 Å². The molecule has 0 heterocycles. The molecule has 18 heavy (non-hydrogen) atoms. The SMILES string of the molecule is CC(CO)CNCC(O)c1ccc(C(C)C)cc1. The predicted octanol–water partition coefficient (Wildman–Crippen LogP) is 2.06. The van der Waals surface area contributed by atoms with E-state index in [1.807, 2.05) is 19.1 Å². The van der Waals surface area contributed by atoms with Crippen molar-refractivity contribution in [2.45, 2.75) is 32.8 Å². The summed E-state index contributed by atoms with van der Waals surface area (Å²) in [5, 5.41) is 22.1. The maximum atomic E-state index is 10.0. The molecule has 0 spiro atoms. The number of aliphatic hydroxyl groups is 2. The summed E-state index contributed by atoms with van der Waals surface area (Å²) in [5.74, 6) is 0.736. The molecule has 0 saturated carbocycles. The van der Waals surface area contributed by atoms with Crippen LogP contribution < -0.4 is 5.32 Å². The van der Waals surface area contributed by atoms with Crippen LogP contribution in [0.2, 0.25) is 0 Å². The van der Waals surface area contributed by atoms with E-state index in [-0.39, 0.29) is 12.5 Å². The van der Waals surface area contributed by atoms with Crippen molar-refractivity contribution in [2.24, 2.45) is 5.92 Å². The van der Waals surface area contributed by atoms with Crippen LogP contribution in [0.3, 0.4) is 0 Å². The number of hydrogen-bond acceptors (Lipinski definition) is 3. The van der Waals surface area contributed by atoms with Gasteiger partial charge in [-0.15, -0.1) is 0 Å². The number of aliphatic hydroxyl groups excluding tert-OH is 2. The van der Waals surface area contributed by atoms with E-state index >= 15 is 0 Å². The van der Waals surface area contributed by atoms with Gasteiger partial charge in [-0.2, -0.15) is 0 Å². The molecule has 1 aromatic rings. The van der Waals surface area contributed by atoms with Gasteiger partial charge in [0.15, 0.2) is 0 Å². The summed E-state index contributed by atoms with van der Waals surface area (Å²) in [6, 6.07) is 8.10. The van der Waals surface area contributed by atoms with Gasteiger partial charge in [0.05, 0.1) is 6.10 Å². The average molecular weight is 251 g/mol. The van der Waals surface area contributed by atoms with Crippen LogP contribution in [0.1, 0.15) is 43.9 Å². The standard InChI is InChI=1S/C15H25NO2/c1-11(2)13-4-6-14(7-5-13)15(18)9-16-8-12(3)10-17/h4-7,11-12,15-18H,8-10H2,1-3H3. The summed E-state index contributed by atoms with van der Waals surface area (Å²) in [6.45, 7) is 7.69. The number of rotatable bonds is 7. The average Bonchev–Trinajstić information content (AvgIpc) is 2.38. The Hall–Kier alpha value is -0.900. The Bertz CT molecular complexity index is 335. The van der Waals surface area contributed by atoms with Crippen LogP contribution in [-0.2, 0) is 0 Å². The first kappa shape index (κ1) is 15.2. The molecule has 0 saturated heterocycles. The van der Waals surface area contributed by atoms with Crippen LogP contribution in [0.25, 0.3) is 0 Å². The van der Waals surface area contributed by atoms with Gasteiger partial charge in [0.2, 0.25) is 0 Å². The molecule has 0 fully saturated rings. The third kappa shape index (κ3) is 4.77. The Labute approximate surface area is 110 Å². The lowest BCUT2D eigenvalue weighted by molar-refractivity contribution is 0.168. The van der Waals surface area contributed by atoms with Gasteiger partial charge >= 0.3 is 0 Å². The van der Waals surface area contributed by atoms with Crippen LogP contribution >= 0.6 is 0 Å². The van der Waals surface area contributed by atoms with Crippen molar-refractivity contribution in [3.63, 3.8) is 0 Å². The topological polar surface area (TPSA) is 52.5 Å². The fourth-order valence-corrected chi connectivity index (χ4v) is 1.75. The molecular weight excluding hydrogens is 226 g/mol. The van der Waals surface area contributed by atoms with Crippen LogP contribution in [0.4, 0.5) is 0 Å². The quantitative estimate of drug-likeness (QED) is 0.695. The Morgan fingerprint density at radius 3 is 2.06 bits per heavy atom. The van der Waals surface area contributed by atoms with E-state index in [9.17, 15) is 5.11 Å². The van der Waals surface area contributed by atoms with Crippen LogP contribution in [0, 0.1) is 5.92 Å². The Morgan fingerprint density at radius 1 is 1.00 bits per heavy atom. The van der Waals surface area contributed by atoms with Gasteiger partial charge in [-0.3, -0.25) is 0 Å². The van der Waals surface area contributed by atoms with Gasteiger partial charge in [0, 0.05) is 13.2 Å². The first-order valence-electron chi connectivity index (χ1n) is 6.64. The Morgan fingerprint density at radius 2 is 1.56 bits per heavy atom. The number of nitrogens with one attached hydrogen (secondary N) is 1. The molecule has 1 rings (SSSR count). The summed E-state index contributed by atoms with van der Waals surface area (Å²) in [4.78, 5) is 0. The molecule has 2 atom stereocenters. The van der Waals surface area contributed by atoms with Gasteiger partial charge in [-0.05, 0) is 29.5 Å². The van der Waals surface area contributed by atoms with Gasteiger partial charge in [-0.1, -0.05) is 45.0 Å². The van der Waals surface area contributed by atoms with E-state index in [4.69, 9.17) is 5.11 Å². The molecular formula is C15H25NO2. The molecule has 3 N–H and O–H groups in total. The van der Waals surface area contributed by atoms with Crippen LogP contribution in [-0.4, -0.2) is 29.9 Å². The molecule has 0 amide bonds. The highest BCUT2D eigenvalue weighted by Crippen LogP contribution is 2.18. The highest BCUT2D eigenvalue weighted by molar-refractivity contribution is 5.26. The van der Waals surface area contributed by atoms with Gasteiger partial charge in [0.25, 0.3) is 0 Å². The van der Waals surface area contributed by atoms with E-state index in [0.717, 1.165) is 12.1 Å². The lowest BCUT2D eigenvalue weighted by Crippen LogP contribution is -2.27. The second kappa shape index (κ2) is 7.52. The summed E-state index contributed by atoms with van der Waals surface area (Å²) in [7, 11) is 0. The summed E-state index contributed by atoms with van der Waals surface area (Å²) < 4.78 is 0. The molecule has 0 aromatic heterocycles. The highest BCUT2D eigenvalue weighted by Gasteiger charge is 2.08. The van der Waals surface area contributed by atoms with Crippen molar-refractivity contribution < 1.29 is 10.2 Å². The van der Waals surface area contributed by atoms with Crippen molar-refractivity contribution in [1.29, 1.82) is 0 Å². The molecule has 2 unspecified atom stereocenters. The molecule has 1 aromatic carbocycles. The molecule has 102 valence electrons. The third-order valence-electron chi connectivity index (χ3n) is 3.13. The normalized spacial score (nSPS) is 14.8. The molecule has 0 aliphatic rings. The number of hydrogen-bond donors (Lipinski definition) is 3. The lowest BCUT2D eigenvalue weighted by atomic mass is 10.00. The maximum absolute atomic E-state index is 10.0. The third-order valence-corrected chi connectivity index (χ3v) is 3.13. The molecule has 0 aliphatic heterocycles. The van der Waals surface area contributed by atoms with Crippen molar-refractivity contribution in [1.82, 2.24) is 5.32 Å². The molecule has 0 bridgehead atoms. The van der Waals surface area contributed by atoms with Crippen molar-refractivity contribution in [3.8, 4) is 0 Å². The minimum Gasteiger partial charge on any atom is -0.396 e. The summed E-state index contributed by atoms with van der Waals surface area (Å²) >= 11 is 0. The molecule has 0 aliphatic carbocycles. The monoisotopic (exact) mass is 251 g/mol. The zero-order chi connectivity index (χ0) is 13.5. The largest absolute Gasteiger partial charge is 0.396 e. The van der Waals surface area contributed by atoms with Crippen molar-refractivity contribution >= 4 is 0 Å². The maximum Gasteiger partial charge on any atom is 0.0914 e. The Balaban J connectivity index is 2.44. The second-order valence-electron chi connectivity index (χ2n) is 5.28. The first-order chi connectivity index (χ1) is 8.54. The highest BCUT2D eigenvalue weighted by atomic mass is 16.3. The zero-order valence-corrected chi connectivity index (χ0v) is 11.6. The van der Waals surface area contributed by atoms with Gasteiger partial charge in [-0.25, -0.2) is 0 Å². The molecule has 0 radical (unpaired) electrons. The van der Waals surface area contributed by atoms with Crippen LogP contribution in [0.15, 0.2) is 24.3 Å². The second-order valence-corrected chi connectivity index (χ2v) is 5.28. The van der Waals surface area contributed by atoms with Gasteiger partial charge < -0.3 is 15.5 Å². The minimum atomic E-state index is -0.489. The summed E-state index contributed by atoms with van der Waals surface area (Å²) in [5.41, 5.74) is 2.22. The fraction of sp³-hybridized carbons (Fsp3) is 0.600. The summed E-state index contributed by atoms with van der Waals surface area (Å²) in [6.07, 6.45) is -0.489. The number of benzene rings is 1. The van der Waals surface area contributed by atoms with E-state index < -0.39 is 6.10 Å². The Kier molecular flexibility index (Phi) is 6.33. The lowest BCUT2D eigenvalue weighted by Gasteiger charge is -2.15. The predicted molar refractivity (Wildman–Crippen MR) is 74.6 cm³/mol. The fourth-order valence-electron chi connectivity index (χ4n) is 1.75. The van der Waals surface area contributed by atoms with Gasteiger partial charge in [0.1, 0.15) is 0 Å². The van der Waals surface area contributed by atoms with Crippen molar-refractivity contribution in [2.75, 3.05) is 19.7 Å². The van der Waals surface area contributed by atoms with E-state index in [1.54, 1.807) is 0 Å².